The molecular formula is C28H34N2O4S2. The highest BCUT2D eigenvalue weighted by atomic mass is 32.2. The summed E-state index contributed by atoms with van der Waals surface area (Å²) in [6.45, 7) is 0.607. The second-order valence-electron chi connectivity index (χ2n) is 11.5. The Kier molecular flexibility index (Phi) is 5.93. The number of rotatable bonds is 5. The molecule has 3 saturated carbocycles. The fourth-order valence-corrected chi connectivity index (χ4v) is 8.85. The highest BCUT2D eigenvalue weighted by Crippen LogP contribution is 2.62. The predicted molar refractivity (Wildman–Crippen MR) is 144 cm³/mol. The maximum atomic E-state index is 13.9. The van der Waals surface area contributed by atoms with Gasteiger partial charge >= 0.3 is 0 Å². The van der Waals surface area contributed by atoms with E-state index in [0.717, 1.165) is 73.8 Å². The summed E-state index contributed by atoms with van der Waals surface area (Å²) in [5, 5.41) is 0.184. The zero-order chi connectivity index (χ0) is 25.1. The van der Waals surface area contributed by atoms with E-state index in [9.17, 15) is 17.8 Å². The van der Waals surface area contributed by atoms with Crippen molar-refractivity contribution in [2.45, 2.75) is 79.8 Å². The zero-order valence-corrected chi connectivity index (χ0v) is 22.4. The van der Waals surface area contributed by atoms with Crippen LogP contribution in [-0.4, -0.2) is 36.9 Å². The van der Waals surface area contributed by atoms with Crippen molar-refractivity contribution in [3.05, 3.63) is 53.6 Å². The van der Waals surface area contributed by atoms with Crippen LogP contribution in [0.1, 0.15) is 80.1 Å². The van der Waals surface area contributed by atoms with E-state index in [4.69, 9.17) is 0 Å². The summed E-state index contributed by atoms with van der Waals surface area (Å²) in [5.41, 5.74) is 3.40. The average molecular weight is 527 g/mol. The van der Waals surface area contributed by atoms with Gasteiger partial charge in [0.2, 0.25) is 10.0 Å². The molecule has 6 nitrogen and oxygen atoms in total. The number of hydrogen-bond acceptors (Lipinski definition) is 4. The number of carbonyl (C=O) groups excluding carboxylic acids is 1. The lowest BCUT2D eigenvalue weighted by Crippen LogP contribution is -2.40. The SMILES string of the molecule is CS(=O)(=O)Nc1ccc2c(c1)C1(CCC3(CC3)CC1)CN2C(=O)c1cccc([S+]([O-])C2CCCC2)c1. The molecular weight excluding hydrogens is 492 g/mol. The maximum absolute atomic E-state index is 13.9. The van der Waals surface area contributed by atoms with Gasteiger partial charge in [0.05, 0.1) is 6.26 Å². The number of carbonyl (C=O) groups is 1. The van der Waals surface area contributed by atoms with E-state index in [0.29, 0.717) is 23.2 Å². The largest absolute Gasteiger partial charge is 0.611 e. The van der Waals surface area contributed by atoms with E-state index in [2.05, 4.69) is 4.72 Å². The van der Waals surface area contributed by atoms with Gasteiger partial charge in [-0.3, -0.25) is 9.52 Å². The quantitative estimate of drug-likeness (QED) is 0.531. The van der Waals surface area contributed by atoms with Crippen molar-refractivity contribution < 1.29 is 17.8 Å². The number of hydrogen-bond donors (Lipinski definition) is 1. The van der Waals surface area contributed by atoms with Crippen LogP contribution in [0.25, 0.3) is 0 Å². The Morgan fingerprint density at radius 2 is 1.72 bits per heavy atom. The van der Waals surface area contributed by atoms with E-state index in [1.165, 1.54) is 12.8 Å². The fourth-order valence-electron chi connectivity index (χ4n) is 6.70. The minimum absolute atomic E-state index is 0.0751. The van der Waals surface area contributed by atoms with Gasteiger partial charge in [-0.15, -0.1) is 0 Å². The van der Waals surface area contributed by atoms with E-state index in [1.54, 1.807) is 6.07 Å². The molecule has 8 heteroatoms. The summed E-state index contributed by atoms with van der Waals surface area (Å²) >= 11 is -1.09. The van der Waals surface area contributed by atoms with E-state index in [1.807, 2.05) is 41.3 Å². The average Bonchev–Trinajstić information content (AvgIpc) is 3.27. The van der Waals surface area contributed by atoms with Crippen LogP contribution in [0, 0.1) is 5.41 Å². The smallest absolute Gasteiger partial charge is 0.258 e. The number of anilines is 2. The monoisotopic (exact) mass is 526 g/mol. The summed E-state index contributed by atoms with van der Waals surface area (Å²) in [4.78, 5) is 16.5. The molecule has 1 heterocycles. The first-order valence-electron chi connectivity index (χ1n) is 13.1. The van der Waals surface area contributed by atoms with Crippen LogP contribution in [0.3, 0.4) is 0 Å². The molecule has 3 fully saturated rings. The number of fused-ring (bicyclic) bond motifs is 2. The molecule has 36 heavy (non-hydrogen) atoms. The van der Waals surface area contributed by atoms with Gasteiger partial charge in [0.1, 0.15) is 5.25 Å². The molecule has 1 atom stereocenters. The van der Waals surface area contributed by atoms with Crippen molar-refractivity contribution in [2.75, 3.05) is 22.4 Å². The highest BCUT2D eigenvalue weighted by molar-refractivity contribution is 7.92. The first-order valence-corrected chi connectivity index (χ1v) is 16.2. The lowest BCUT2D eigenvalue weighted by molar-refractivity contribution is 0.0980. The van der Waals surface area contributed by atoms with Crippen molar-refractivity contribution in [1.82, 2.24) is 0 Å². The molecule has 4 aliphatic rings. The molecule has 1 N–H and O–H groups in total. The Bertz CT molecular complexity index is 1290. The third kappa shape index (κ3) is 4.45. The number of benzene rings is 2. The minimum atomic E-state index is -3.40. The molecule has 0 saturated heterocycles. The van der Waals surface area contributed by atoms with E-state index in [-0.39, 0.29) is 16.6 Å². The van der Waals surface area contributed by atoms with Crippen molar-refractivity contribution in [3.8, 4) is 0 Å². The summed E-state index contributed by atoms with van der Waals surface area (Å²) in [5.74, 6) is -0.0751. The topological polar surface area (TPSA) is 89.5 Å². The molecule has 1 amide bonds. The number of nitrogens with zero attached hydrogens (tertiary/aromatic N) is 1. The van der Waals surface area contributed by atoms with Crippen LogP contribution in [0.4, 0.5) is 11.4 Å². The van der Waals surface area contributed by atoms with Crippen molar-refractivity contribution >= 4 is 38.5 Å². The molecule has 2 aromatic carbocycles. The van der Waals surface area contributed by atoms with Crippen LogP contribution in [0.15, 0.2) is 47.4 Å². The Morgan fingerprint density at radius 1 is 1.03 bits per heavy atom. The molecule has 2 spiro atoms. The second-order valence-corrected chi connectivity index (χ2v) is 15.0. The zero-order valence-electron chi connectivity index (χ0n) is 20.8. The molecule has 2 aromatic rings. The van der Waals surface area contributed by atoms with Crippen molar-refractivity contribution in [1.29, 1.82) is 0 Å². The summed E-state index contributed by atoms with van der Waals surface area (Å²) < 4.78 is 39.6. The Morgan fingerprint density at radius 3 is 2.39 bits per heavy atom. The Hall–Kier alpha value is -2.03. The predicted octanol–water partition coefficient (Wildman–Crippen LogP) is 5.36. The van der Waals surface area contributed by atoms with Gasteiger partial charge in [-0.2, -0.15) is 0 Å². The van der Waals surface area contributed by atoms with E-state index >= 15 is 0 Å². The molecule has 0 aromatic heterocycles. The summed E-state index contributed by atoms with van der Waals surface area (Å²) in [6, 6.07) is 12.9. The van der Waals surface area contributed by atoms with Crippen LogP contribution in [0.5, 0.6) is 0 Å². The number of nitrogens with one attached hydrogen (secondary N) is 1. The lowest BCUT2D eigenvalue weighted by atomic mass is 9.66. The highest BCUT2D eigenvalue weighted by Gasteiger charge is 2.53. The first kappa shape index (κ1) is 24.3. The van der Waals surface area contributed by atoms with Gasteiger partial charge < -0.3 is 9.45 Å². The standard InChI is InChI=1S/C28H34N2O4S2/c1-36(33,34)29-21-9-10-25-24(18-21)28(15-13-27(11-12-27)14-16-28)19-30(25)26(31)20-5-4-8-23(17-20)35(32)22-6-2-3-7-22/h4-5,8-10,17-18,22,29H,2-3,6-7,11-16,19H2,1H3. The van der Waals surface area contributed by atoms with Crippen molar-refractivity contribution in [2.24, 2.45) is 5.41 Å². The summed E-state index contributed by atoms with van der Waals surface area (Å²) in [6.07, 6.45) is 12.3. The van der Waals surface area contributed by atoms with Crippen LogP contribution in [-0.2, 0) is 26.6 Å². The van der Waals surface area contributed by atoms with Gasteiger partial charge in [-0.05, 0) is 117 Å². The maximum Gasteiger partial charge on any atom is 0.258 e. The molecule has 1 unspecified atom stereocenters. The lowest BCUT2D eigenvalue weighted by Gasteiger charge is -2.38. The van der Waals surface area contributed by atoms with Crippen molar-refractivity contribution in [3.63, 3.8) is 0 Å². The van der Waals surface area contributed by atoms with Gasteiger partial charge in [0.15, 0.2) is 4.90 Å². The van der Waals surface area contributed by atoms with Gasteiger partial charge in [-0.25, -0.2) is 8.42 Å². The third-order valence-electron chi connectivity index (χ3n) is 9.01. The molecule has 0 bridgehead atoms. The van der Waals surface area contributed by atoms with Crippen LogP contribution >= 0.6 is 0 Å². The van der Waals surface area contributed by atoms with Crippen LogP contribution in [0.2, 0.25) is 0 Å². The Labute approximate surface area is 217 Å². The van der Waals surface area contributed by atoms with Gasteiger partial charge in [-0.1, -0.05) is 6.07 Å². The second kappa shape index (κ2) is 8.77. The first-order chi connectivity index (χ1) is 17.2. The Balaban J connectivity index is 1.33. The molecule has 0 radical (unpaired) electrons. The molecule has 6 rings (SSSR count). The fraction of sp³-hybridized carbons (Fsp3) is 0.536. The molecule has 3 aliphatic carbocycles. The molecule has 192 valence electrons. The van der Waals surface area contributed by atoms with E-state index < -0.39 is 21.2 Å². The van der Waals surface area contributed by atoms with Gasteiger partial charge in [0, 0.05) is 35.0 Å². The van der Waals surface area contributed by atoms with Gasteiger partial charge in [0.25, 0.3) is 5.91 Å². The summed E-state index contributed by atoms with van der Waals surface area (Å²) in [7, 11) is -3.40. The number of sulfonamides is 1. The molecule has 1 aliphatic heterocycles. The normalized spacial score (nSPS) is 23.1. The van der Waals surface area contributed by atoms with Crippen LogP contribution < -0.4 is 9.62 Å². The minimum Gasteiger partial charge on any atom is -0.611 e. The number of amides is 1. The third-order valence-corrected chi connectivity index (χ3v) is 11.4.